The number of carbonyl (C=O) groups is 2. The second-order valence-electron chi connectivity index (χ2n) is 5.97. The molecule has 0 spiro atoms. The van der Waals surface area contributed by atoms with Crippen LogP contribution in [0.4, 0.5) is 11.5 Å². The molecule has 11 nitrogen and oxygen atoms in total. The normalized spacial score (nSPS) is 12.8. The fourth-order valence-electron chi connectivity index (χ4n) is 2.19. The highest BCUT2D eigenvalue weighted by atomic mass is 16.6. The average Bonchev–Trinajstić information content (AvgIpc) is 3.10. The number of carbonyl (C=O) groups excluding carboxylic acids is 2. The number of hydrogen-bond donors (Lipinski definition) is 3. The molecule has 11 heteroatoms. The molecule has 2 unspecified atom stereocenters. The van der Waals surface area contributed by atoms with Gasteiger partial charge in [0.25, 0.3) is 0 Å². The molecule has 2 atom stereocenters. The number of amides is 2. The van der Waals surface area contributed by atoms with Gasteiger partial charge in [0.15, 0.2) is 11.6 Å². The highest BCUT2D eigenvalue weighted by Gasteiger charge is 2.23. The number of anilines is 1. The van der Waals surface area contributed by atoms with E-state index in [0.717, 1.165) is 6.20 Å². The van der Waals surface area contributed by atoms with Crippen LogP contribution in [0.25, 0.3) is 0 Å². The Balaban J connectivity index is 1.82. The predicted octanol–water partition coefficient (Wildman–Crippen LogP) is 1.06. The summed E-state index contributed by atoms with van der Waals surface area (Å²) in [6.45, 7) is 3.49. The first-order chi connectivity index (χ1) is 12.8. The number of hydrogen-bond acceptors (Lipinski definition) is 7. The molecule has 0 bridgehead atoms. The molecule has 0 aliphatic heterocycles. The fourth-order valence-corrected chi connectivity index (χ4v) is 2.19. The molecule has 0 radical (unpaired) electrons. The second kappa shape index (κ2) is 8.74. The summed E-state index contributed by atoms with van der Waals surface area (Å²) in [6, 6.07) is 2.46. The van der Waals surface area contributed by atoms with Gasteiger partial charge in [0.1, 0.15) is 12.4 Å². The number of nitrogens with zero attached hydrogens (tertiary/aromatic N) is 4. The van der Waals surface area contributed by atoms with Crippen LogP contribution in [-0.2, 0) is 16.1 Å². The molecule has 0 saturated carbocycles. The maximum absolute atomic E-state index is 12.2. The van der Waals surface area contributed by atoms with Gasteiger partial charge in [-0.2, -0.15) is 5.10 Å². The van der Waals surface area contributed by atoms with Gasteiger partial charge in [-0.1, -0.05) is 6.92 Å². The van der Waals surface area contributed by atoms with Crippen molar-refractivity contribution in [3.8, 4) is 5.75 Å². The molecular weight excluding hydrogens is 356 g/mol. The van der Waals surface area contributed by atoms with Crippen LogP contribution in [0.2, 0.25) is 0 Å². The van der Waals surface area contributed by atoms with Gasteiger partial charge in [0.2, 0.25) is 11.8 Å². The first kappa shape index (κ1) is 19.8. The monoisotopic (exact) mass is 376 g/mol. The third kappa shape index (κ3) is 5.49. The Hall–Kier alpha value is -3.50. The lowest BCUT2D eigenvalue weighted by Gasteiger charge is -2.20. The predicted molar refractivity (Wildman–Crippen MR) is 94.8 cm³/mol. The van der Waals surface area contributed by atoms with E-state index >= 15 is 0 Å². The van der Waals surface area contributed by atoms with Crippen molar-refractivity contribution < 1.29 is 19.6 Å². The van der Waals surface area contributed by atoms with Crippen molar-refractivity contribution in [2.75, 3.05) is 5.32 Å². The van der Waals surface area contributed by atoms with Gasteiger partial charge < -0.3 is 15.7 Å². The van der Waals surface area contributed by atoms with Gasteiger partial charge in [-0.3, -0.25) is 24.4 Å². The quantitative estimate of drug-likeness (QED) is 0.460. The maximum atomic E-state index is 12.2. The van der Waals surface area contributed by atoms with E-state index in [2.05, 4.69) is 20.7 Å². The summed E-state index contributed by atoms with van der Waals surface area (Å²) in [6.07, 6.45) is 3.84. The van der Waals surface area contributed by atoms with E-state index in [1.165, 1.54) is 29.2 Å². The minimum absolute atomic E-state index is 0.0492. The molecule has 2 rings (SSSR count). The zero-order valence-electron chi connectivity index (χ0n) is 14.8. The van der Waals surface area contributed by atoms with E-state index in [4.69, 9.17) is 0 Å². The Morgan fingerprint density at radius 3 is 2.78 bits per heavy atom. The van der Waals surface area contributed by atoms with Crippen LogP contribution >= 0.6 is 0 Å². The first-order valence-electron chi connectivity index (χ1n) is 8.19. The zero-order valence-corrected chi connectivity index (χ0v) is 14.8. The van der Waals surface area contributed by atoms with Gasteiger partial charge >= 0.3 is 5.69 Å². The molecule has 0 saturated heterocycles. The number of aryl methyl sites for hydroxylation is 1. The van der Waals surface area contributed by atoms with Gasteiger partial charge in [-0.25, -0.2) is 4.98 Å². The molecule has 2 amide bonds. The Morgan fingerprint density at radius 2 is 2.15 bits per heavy atom. The second-order valence-corrected chi connectivity index (χ2v) is 5.97. The van der Waals surface area contributed by atoms with Crippen LogP contribution in [0.3, 0.4) is 0 Å². The fraction of sp³-hybridized carbons (Fsp3) is 0.375. The van der Waals surface area contributed by atoms with E-state index < -0.39 is 22.8 Å². The van der Waals surface area contributed by atoms with Crippen LogP contribution in [0.5, 0.6) is 5.75 Å². The third-order valence-corrected chi connectivity index (χ3v) is 3.98. The smallest absolute Gasteiger partial charge is 0.306 e. The topological polar surface area (TPSA) is 152 Å². The number of pyridine rings is 1. The van der Waals surface area contributed by atoms with Crippen LogP contribution < -0.4 is 10.6 Å². The van der Waals surface area contributed by atoms with E-state index in [1.807, 2.05) is 0 Å². The summed E-state index contributed by atoms with van der Waals surface area (Å²) in [5.74, 6) is -1.40. The van der Waals surface area contributed by atoms with Gasteiger partial charge in [0.05, 0.1) is 10.8 Å². The van der Waals surface area contributed by atoms with E-state index in [-0.39, 0.29) is 36.1 Å². The molecule has 2 aromatic heterocycles. The Bertz CT molecular complexity index is 836. The zero-order chi connectivity index (χ0) is 20.0. The number of nitro groups is 1. The molecule has 0 aromatic carbocycles. The van der Waals surface area contributed by atoms with Crippen LogP contribution in [-0.4, -0.2) is 42.7 Å². The van der Waals surface area contributed by atoms with Crippen molar-refractivity contribution >= 4 is 23.3 Å². The molecule has 2 heterocycles. The van der Waals surface area contributed by atoms with E-state index in [9.17, 15) is 24.8 Å². The molecule has 144 valence electrons. The van der Waals surface area contributed by atoms with Crippen molar-refractivity contribution in [1.29, 1.82) is 0 Å². The number of rotatable bonds is 8. The minimum Gasteiger partial charge on any atom is -0.504 e. The third-order valence-electron chi connectivity index (χ3n) is 3.98. The summed E-state index contributed by atoms with van der Waals surface area (Å²) >= 11 is 0. The molecular formula is C16H20N6O5. The largest absolute Gasteiger partial charge is 0.504 e. The molecule has 27 heavy (non-hydrogen) atoms. The summed E-state index contributed by atoms with van der Waals surface area (Å²) in [4.78, 5) is 38.2. The number of aromatic hydroxyl groups is 1. The lowest BCUT2D eigenvalue weighted by molar-refractivity contribution is -0.385. The van der Waals surface area contributed by atoms with Crippen LogP contribution in [0.15, 0.2) is 30.7 Å². The summed E-state index contributed by atoms with van der Waals surface area (Å²) in [5, 5.41) is 29.3. The Kier molecular flexibility index (Phi) is 6.41. The van der Waals surface area contributed by atoms with E-state index in [1.54, 1.807) is 13.8 Å². The maximum Gasteiger partial charge on any atom is 0.306 e. The molecule has 3 N–H and O–H groups in total. The molecule has 2 aromatic rings. The number of nitrogens with one attached hydrogen (secondary N) is 2. The van der Waals surface area contributed by atoms with Crippen molar-refractivity contribution in [1.82, 2.24) is 20.1 Å². The van der Waals surface area contributed by atoms with Gasteiger partial charge in [-0.05, 0) is 19.1 Å². The lowest BCUT2D eigenvalue weighted by atomic mass is 10.0. The van der Waals surface area contributed by atoms with Crippen molar-refractivity contribution in [3.05, 3.63) is 40.8 Å². The summed E-state index contributed by atoms with van der Waals surface area (Å²) in [5.41, 5.74) is -0.146. The van der Waals surface area contributed by atoms with Crippen molar-refractivity contribution in [2.45, 2.75) is 32.9 Å². The van der Waals surface area contributed by atoms with Crippen molar-refractivity contribution in [3.63, 3.8) is 0 Å². The minimum atomic E-state index is -0.582. The average molecular weight is 376 g/mol. The summed E-state index contributed by atoms with van der Waals surface area (Å²) in [7, 11) is 0. The standard InChI is InChI=1S/C16H20N6O5/c1-10(16(25)20-15-13(23)4-3-6-17-15)11(2)19-14(24)5-7-21-9-12(8-18-21)22(26)27/h3-4,6,8-11,23H,5,7H2,1-2H3,(H,19,24)(H,17,20,25). The van der Waals surface area contributed by atoms with Crippen LogP contribution in [0.1, 0.15) is 20.3 Å². The lowest BCUT2D eigenvalue weighted by Crippen LogP contribution is -2.42. The van der Waals surface area contributed by atoms with Crippen molar-refractivity contribution in [2.24, 2.45) is 5.92 Å². The Morgan fingerprint density at radius 1 is 1.41 bits per heavy atom. The molecule has 0 fully saturated rings. The van der Waals surface area contributed by atoms with Gasteiger partial charge in [-0.15, -0.1) is 0 Å². The highest BCUT2D eigenvalue weighted by molar-refractivity contribution is 5.93. The van der Waals surface area contributed by atoms with Crippen LogP contribution in [0, 0.1) is 16.0 Å². The summed E-state index contributed by atoms with van der Waals surface area (Å²) < 4.78 is 1.31. The van der Waals surface area contributed by atoms with E-state index in [0.29, 0.717) is 0 Å². The highest BCUT2D eigenvalue weighted by Crippen LogP contribution is 2.19. The number of aromatic nitrogens is 3. The van der Waals surface area contributed by atoms with Gasteiger partial charge in [0, 0.05) is 25.2 Å². The first-order valence-corrected chi connectivity index (χ1v) is 8.19. The Labute approximate surface area is 154 Å². The molecule has 0 aliphatic rings. The SMILES string of the molecule is CC(NC(=O)CCn1cc([N+](=O)[O-])cn1)C(C)C(=O)Nc1ncccc1O. The molecule has 0 aliphatic carbocycles.